The van der Waals surface area contributed by atoms with E-state index < -0.39 is 42.5 Å². The number of rotatable bonds is 19. The molecule has 12 heteroatoms. The van der Waals surface area contributed by atoms with Gasteiger partial charge in [-0.25, -0.2) is 9.48 Å². The van der Waals surface area contributed by atoms with Crippen LogP contribution in [0.3, 0.4) is 0 Å². The van der Waals surface area contributed by atoms with Gasteiger partial charge in [0.2, 0.25) is 0 Å². The Morgan fingerprint density at radius 3 is 1.62 bits per heavy atom. The van der Waals surface area contributed by atoms with Gasteiger partial charge in [0.25, 0.3) is 5.78 Å². The lowest BCUT2D eigenvalue weighted by molar-refractivity contribution is -0.331. The van der Waals surface area contributed by atoms with Gasteiger partial charge in [-0.3, -0.25) is 4.79 Å². The molecule has 1 aliphatic rings. The Balaban J connectivity index is 1.15. The highest BCUT2D eigenvalue weighted by atomic mass is 16.7. The molecule has 0 unspecified atom stereocenters. The van der Waals surface area contributed by atoms with Gasteiger partial charge in [0.05, 0.1) is 58.6 Å². The van der Waals surface area contributed by atoms with Gasteiger partial charge in [-0.05, 0) is 46.5 Å². The van der Waals surface area contributed by atoms with E-state index in [1.165, 1.54) is 19.2 Å². The highest BCUT2D eigenvalue weighted by Crippen LogP contribution is 2.32. The molecule has 1 saturated heterocycles. The van der Waals surface area contributed by atoms with Gasteiger partial charge in [0, 0.05) is 5.56 Å². The lowest BCUT2D eigenvalue weighted by Crippen LogP contribution is -2.61. The largest absolute Gasteiger partial charge is 0.463 e. The first-order valence-electron chi connectivity index (χ1n) is 19.0. The number of carbonyl (C=O) groups is 2. The Labute approximate surface area is 337 Å². The van der Waals surface area contributed by atoms with E-state index in [0.717, 1.165) is 22.3 Å². The number of nitrogens with zero attached hydrogens (tertiary/aromatic N) is 3. The first kappa shape index (κ1) is 40.3. The monoisotopic (exact) mass is 783 g/mol. The predicted octanol–water partition coefficient (Wildman–Crippen LogP) is 6.84. The van der Waals surface area contributed by atoms with Crippen LogP contribution >= 0.6 is 0 Å². The summed E-state index contributed by atoms with van der Waals surface area (Å²) in [5.74, 6) is -1.67. The normalized spacial score (nSPS) is 19.1. The number of hydrogen-bond donors (Lipinski definition) is 0. The SMILES string of the molecule is COC(=O)C(=O)c1ccc(-n2cc(CO[C@@H]3O[C@H](COCc4ccccc4)[C@@H](OCc4ccccc4)[C@H](OCc4ccccc4)[C@H]3OCc3ccccc3)nn2)cc1. The van der Waals surface area contributed by atoms with Gasteiger partial charge >= 0.3 is 5.97 Å². The van der Waals surface area contributed by atoms with Crippen LogP contribution in [0, 0.1) is 0 Å². The number of carbonyl (C=O) groups excluding carboxylic acids is 2. The van der Waals surface area contributed by atoms with Crippen molar-refractivity contribution in [2.24, 2.45) is 0 Å². The maximum atomic E-state index is 12.2. The number of Topliss-reactive ketones (excluding diaryl/α,β-unsaturated/α-hetero) is 1. The molecule has 2 heterocycles. The third kappa shape index (κ3) is 11.0. The molecule has 12 nitrogen and oxygen atoms in total. The Kier molecular flexibility index (Phi) is 14.3. The first-order valence-corrected chi connectivity index (χ1v) is 19.0. The fourth-order valence-electron chi connectivity index (χ4n) is 6.52. The Morgan fingerprint density at radius 1 is 0.586 bits per heavy atom. The van der Waals surface area contributed by atoms with E-state index in [2.05, 4.69) is 15.0 Å². The Hall–Kier alpha value is -5.86. The van der Waals surface area contributed by atoms with E-state index in [1.807, 2.05) is 121 Å². The van der Waals surface area contributed by atoms with Crippen LogP contribution in [0.1, 0.15) is 38.3 Å². The van der Waals surface area contributed by atoms with Gasteiger partial charge in [-0.2, -0.15) is 0 Å². The quantitative estimate of drug-likeness (QED) is 0.0487. The van der Waals surface area contributed by atoms with Gasteiger partial charge in [0.15, 0.2) is 6.29 Å². The zero-order valence-corrected chi connectivity index (χ0v) is 32.1. The number of esters is 1. The third-order valence-corrected chi connectivity index (χ3v) is 9.54. The zero-order valence-electron chi connectivity index (χ0n) is 32.1. The molecule has 0 amide bonds. The van der Waals surface area contributed by atoms with E-state index in [0.29, 0.717) is 31.2 Å². The molecule has 58 heavy (non-hydrogen) atoms. The summed E-state index contributed by atoms with van der Waals surface area (Å²) < 4.78 is 46.0. The van der Waals surface area contributed by atoms with Gasteiger partial charge in [-0.15, -0.1) is 5.10 Å². The molecule has 0 saturated carbocycles. The van der Waals surface area contributed by atoms with Crippen LogP contribution in [0.4, 0.5) is 0 Å². The summed E-state index contributed by atoms with van der Waals surface area (Å²) >= 11 is 0. The van der Waals surface area contributed by atoms with E-state index in [-0.39, 0.29) is 25.4 Å². The molecule has 0 bridgehead atoms. The van der Waals surface area contributed by atoms with Gasteiger partial charge in [-0.1, -0.05) is 127 Å². The molecule has 5 atom stereocenters. The topological polar surface area (TPSA) is 129 Å². The minimum atomic E-state index is -0.935. The molecule has 0 radical (unpaired) electrons. The molecule has 0 spiro atoms. The molecule has 5 aromatic carbocycles. The lowest BCUT2D eigenvalue weighted by atomic mass is 9.97. The van der Waals surface area contributed by atoms with Crippen molar-refractivity contribution >= 4 is 11.8 Å². The Bertz CT molecular complexity index is 2150. The minimum absolute atomic E-state index is 0.0211. The molecule has 0 N–H and O–H groups in total. The molecule has 1 aromatic heterocycles. The van der Waals surface area contributed by atoms with Crippen molar-refractivity contribution in [2.45, 2.75) is 63.7 Å². The first-order chi connectivity index (χ1) is 28.5. The molecule has 7 rings (SSSR count). The molecular formula is C46H45N3O9. The van der Waals surface area contributed by atoms with Crippen molar-refractivity contribution in [3.8, 4) is 5.69 Å². The standard InChI is InChI=1S/C46H45N3O9/c1-52-45(51)41(50)37-22-24-39(25-23-37)49-26-38(47-48-49)31-57-46-44(56-30-36-20-12-5-13-21-36)43(55-29-35-18-10-4-11-19-35)42(54-28-34-16-8-3-9-17-34)40(58-46)32-53-27-33-14-6-2-7-15-33/h2-26,40,42-44,46H,27-32H2,1H3/t40-,42-,43+,44-,46-/m1/s1. The van der Waals surface area contributed by atoms with Crippen LogP contribution in [0.15, 0.2) is 152 Å². The third-order valence-electron chi connectivity index (χ3n) is 9.54. The maximum absolute atomic E-state index is 12.2. The summed E-state index contributed by atoms with van der Waals surface area (Å²) in [5.41, 5.74) is 5.34. The second kappa shape index (κ2) is 20.5. The van der Waals surface area contributed by atoms with Crippen LogP contribution in [-0.4, -0.2) is 71.2 Å². The summed E-state index contributed by atoms with van der Waals surface area (Å²) in [7, 11) is 1.17. The van der Waals surface area contributed by atoms with E-state index in [1.54, 1.807) is 23.0 Å². The fraction of sp³-hybridized carbons (Fsp3) is 0.261. The molecule has 1 aliphatic heterocycles. The van der Waals surface area contributed by atoms with E-state index in [9.17, 15) is 9.59 Å². The molecule has 298 valence electrons. The van der Waals surface area contributed by atoms with Crippen molar-refractivity contribution in [1.82, 2.24) is 15.0 Å². The van der Waals surface area contributed by atoms with Crippen LogP contribution < -0.4 is 0 Å². The van der Waals surface area contributed by atoms with E-state index in [4.69, 9.17) is 28.4 Å². The average molecular weight is 784 g/mol. The highest BCUT2D eigenvalue weighted by Gasteiger charge is 2.49. The summed E-state index contributed by atoms with van der Waals surface area (Å²) in [5, 5.41) is 8.61. The number of ether oxygens (including phenoxy) is 7. The summed E-state index contributed by atoms with van der Waals surface area (Å²) in [6.07, 6.45) is -1.84. The highest BCUT2D eigenvalue weighted by molar-refractivity contribution is 6.40. The van der Waals surface area contributed by atoms with Crippen molar-refractivity contribution in [3.05, 3.63) is 185 Å². The second-order valence-electron chi connectivity index (χ2n) is 13.7. The van der Waals surface area contributed by atoms with Crippen LogP contribution in [0.25, 0.3) is 5.69 Å². The van der Waals surface area contributed by atoms with Crippen LogP contribution in [0.5, 0.6) is 0 Å². The van der Waals surface area contributed by atoms with Crippen LogP contribution in [-0.2, 0) is 71.0 Å². The predicted molar refractivity (Wildman–Crippen MR) is 212 cm³/mol. The van der Waals surface area contributed by atoms with Gasteiger partial charge < -0.3 is 33.2 Å². The van der Waals surface area contributed by atoms with Crippen molar-refractivity contribution in [1.29, 1.82) is 0 Å². The van der Waals surface area contributed by atoms with Crippen molar-refractivity contribution < 1.29 is 42.7 Å². The van der Waals surface area contributed by atoms with Crippen molar-refractivity contribution in [3.63, 3.8) is 0 Å². The number of ketones is 1. The summed E-state index contributed by atoms with van der Waals surface area (Å²) in [6.45, 7) is 1.47. The smallest absolute Gasteiger partial charge is 0.379 e. The molecule has 6 aromatic rings. The lowest BCUT2D eigenvalue weighted by Gasteiger charge is -2.45. The van der Waals surface area contributed by atoms with Gasteiger partial charge in [0.1, 0.15) is 30.1 Å². The number of aromatic nitrogens is 3. The molecular weight excluding hydrogens is 739 g/mol. The summed E-state index contributed by atoms with van der Waals surface area (Å²) in [4.78, 5) is 24.0. The number of methoxy groups -OCH3 is 1. The molecule has 0 aliphatic carbocycles. The second-order valence-corrected chi connectivity index (χ2v) is 13.7. The number of hydrogen-bond acceptors (Lipinski definition) is 11. The van der Waals surface area contributed by atoms with Crippen LogP contribution in [0.2, 0.25) is 0 Å². The molecule has 1 fully saturated rings. The number of benzene rings is 5. The van der Waals surface area contributed by atoms with Crippen molar-refractivity contribution in [2.75, 3.05) is 13.7 Å². The average Bonchev–Trinajstić information content (AvgIpc) is 3.77. The van der Waals surface area contributed by atoms with E-state index >= 15 is 0 Å². The Morgan fingerprint density at radius 2 is 1.09 bits per heavy atom. The fourth-order valence-corrected chi connectivity index (χ4v) is 6.52. The maximum Gasteiger partial charge on any atom is 0.379 e. The minimum Gasteiger partial charge on any atom is -0.463 e. The zero-order chi connectivity index (χ0) is 39.9. The summed E-state index contributed by atoms with van der Waals surface area (Å²) in [6, 6.07) is 46.1.